The summed E-state index contributed by atoms with van der Waals surface area (Å²) in [7, 11) is 0. The SMILES string of the molecule is c1ccc2c(c1)CCN2C1CCN(CCCc2coc3ccccc23)CC1. The lowest BCUT2D eigenvalue weighted by Gasteiger charge is -2.38. The van der Waals surface area contributed by atoms with Gasteiger partial charge in [0, 0.05) is 36.7 Å². The zero-order valence-electron chi connectivity index (χ0n) is 15.9. The average molecular weight is 361 g/mol. The van der Waals surface area contributed by atoms with Gasteiger partial charge in [0.15, 0.2) is 0 Å². The predicted molar refractivity (Wildman–Crippen MR) is 111 cm³/mol. The quantitative estimate of drug-likeness (QED) is 0.646. The van der Waals surface area contributed by atoms with E-state index in [-0.39, 0.29) is 0 Å². The first-order chi connectivity index (χ1) is 13.4. The van der Waals surface area contributed by atoms with Gasteiger partial charge in [-0.25, -0.2) is 0 Å². The molecule has 3 nitrogen and oxygen atoms in total. The lowest BCUT2D eigenvalue weighted by molar-refractivity contribution is 0.207. The molecule has 0 amide bonds. The third-order valence-corrected chi connectivity index (χ3v) is 6.40. The fourth-order valence-corrected chi connectivity index (χ4v) is 4.92. The minimum absolute atomic E-state index is 0.725. The van der Waals surface area contributed by atoms with E-state index in [0.29, 0.717) is 0 Å². The Morgan fingerprint density at radius 2 is 1.74 bits per heavy atom. The van der Waals surface area contributed by atoms with Crippen LogP contribution >= 0.6 is 0 Å². The van der Waals surface area contributed by atoms with Gasteiger partial charge >= 0.3 is 0 Å². The van der Waals surface area contributed by atoms with Crippen molar-refractivity contribution in [3.63, 3.8) is 0 Å². The minimum Gasteiger partial charge on any atom is -0.464 e. The van der Waals surface area contributed by atoms with Crippen molar-refractivity contribution in [2.24, 2.45) is 0 Å². The van der Waals surface area contributed by atoms with Crippen molar-refractivity contribution in [3.05, 3.63) is 65.9 Å². The molecule has 1 fully saturated rings. The molecule has 3 aromatic rings. The van der Waals surface area contributed by atoms with Crippen LogP contribution < -0.4 is 4.90 Å². The second kappa shape index (κ2) is 7.40. The minimum atomic E-state index is 0.725. The summed E-state index contributed by atoms with van der Waals surface area (Å²) < 4.78 is 5.67. The van der Waals surface area contributed by atoms with Crippen LogP contribution in [0, 0.1) is 0 Å². The molecule has 3 heteroatoms. The summed E-state index contributed by atoms with van der Waals surface area (Å²) in [4.78, 5) is 5.32. The average Bonchev–Trinajstić information content (AvgIpc) is 3.33. The van der Waals surface area contributed by atoms with E-state index in [9.17, 15) is 0 Å². The standard InChI is InChI=1S/C24H28N2O/c1-3-9-23-19(6-1)11-17-26(23)21-12-15-25(16-13-21)14-5-7-20-18-27-24-10-4-2-8-22(20)24/h1-4,6,8-10,18,21H,5,7,11-17H2. The number of furan rings is 1. The van der Waals surface area contributed by atoms with Gasteiger partial charge in [-0.2, -0.15) is 0 Å². The number of anilines is 1. The number of piperidine rings is 1. The van der Waals surface area contributed by atoms with Gasteiger partial charge in [-0.05, 0) is 61.9 Å². The fraction of sp³-hybridized carbons (Fsp3) is 0.417. The highest BCUT2D eigenvalue weighted by Crippen LogP contribution is 2.32. The monoisotopic (exact) mass is 360 g/mol. The van der Waals surface area contributed by atoms with E-state index in [0.717, 1.165) is 18.0 Å². The molecule has 0 atom stereocenters. The molecular weight excluding hydrogens is 332 g/mol. The molecular formula is C24H28N2O. The van der Waals surface area contributed by atoms with Gasteiger partial charge < -0.3 is 14.2 Å². The fourth-order valence-electron chi connectivity index (χ4n) is 4.92. The molecule has 1 aromatic heterocycles. The van der Waals surface area contributed by atoms with Crippen molar-refractivity contribution in [1.29, 1.82) is 0 Å². The van der Waals surface area contributed by atoms with Crippen LogP contribution in [0.2, 0.25) is 0 Å². The highest BCUT2D eigenvalue weighted by atomic mass is 16.3. The maximum absolute atomic E-state index is 5.67. The number of benzene rings is 2. The molecule has 2 aromatic carbocycles. The maximum atomic E-state index is 5.67. The van der Waals surface area contributed by atoms with Crippen LogP contribution in [0.1, 0.15) is 30.4 Å². The number of nitrogens with zero attached hydrogens (tertiary/aromatic N) is 2. The molecule has 2 aliphatic heterocycles. The Bertz CT molecular complexity index is 907. The molecule has 2 aliphatic rings. The molecule has 27 heavy (non-hydrogen) atoms. The van der Waals surface area contributed by atoms with E-state index in [2.05, 4.69) is 52.3 Å². The highest BCUT2D eigenvalue weighted by molar-refractivity contribution is 5.80. The summed E-state index contributed by atoms with van der Waals surface area (Å²) in [6.07, 6.45) is 8.07. The number of hydrogen-bond acceptors (Lipinski definition) is 3. The van der Waals surface area contributed by atoms with Crippen LogP contribution in [0.25, 0.3) is 11.0 Å². The van der Waals surface area contributed by atoms with E-state index in [1.165, 1.54) is 74.1 Å². The van der Waals surface area contributed by atoms with Crippen LogP contribution in [0.15, 0.2) is 59.2 Å². The molecule has 0 N–H and O–H groups in total. The van der Waals surface area contributed by atoms with E-state index in [1.54, 1.807) is 0 Å². The van der Waals surface area contributed by atoms with Crippen molar-refractivity contribution >= 4 is 16.7 Å². The molecule has 140 valence electrons. The van der Waals surface area contributed by atoms with Crippen LogP contribution in [-0.4, -0.2) is 37.1 Å². The van der Waals surface area contributed by atoms with Gasteiger partial charge in [-0.3, -0.25) is 0 Å². The largest absolute Gasteiger partial charge is 0.464 e. The van der Waals surface area contributed by atoms with Gasteiger partial charge in [0.05, 0.1) is 6.26 Å². The Morgan fingerprint density at radius 3 is 2.67 bits per heavy atom. The second-order valence-corrected chi connectivity index (χ2v) is 8.01. The molecule has 0 unspecified atom stereocenters. The molecule has 0 aliphatic carbocycles. The topological polar surface area (TPSA) is 19.6 Å². The molecule has 0 saturated carbocycles. The Kier molecular flexibility index (Phi) is 4.62. The van der Waals surface area contributed by atoms with Crippen LogP contribution in [-0.2, 0) is 12.8 Å². The first-order valence-electron chi connectivity index (χ1n) is 10.4. The van der Waals surface area contributed by atoms with Gasteiger partial charge in [0.2, 0.25) is 0 Å². The number of hydrogen-bond donors (Lipinski definition) is 0. The van der Waals surface area contributed by atoms with Crippen molar-refractivity contribution in [2.45, 2.75) is 38.1 Å². The Balaban J connectivity index is 1.12. The van der Waals surface area contributed by atoms with Gasteiger partial charge in [-0.15, -0.1) is 0 Å². The first kappa shape index (κ1) is 16.9. The van der Waals surface area contributed by atoms with Gasteiger partial charge in [0.25, 0.3) is 0 Å². The normalized spacial score (nSPS) is 18.3. The lowest BCUT2D eigenvalue weighted by Crippen LogP contribution is -2.44. The van der Waals surface area contributed by atoms with Gasteiger partial charge in [0.1, 0.15) is 5.58 Å². The van der Waals surface area contributed by atoms with Crippen molar-refractivity contribution in [1.82, 2.24) is 4.90 Å². The van der Waals surface area contributed by atoms with Crippen molar-refractivity contribution in [3.8, 4) is 0 Å². The molecule has 3 heterocycles. The number of aryl methyl sites for hydroxylation is 1. The summed E-state index contributed by atoms with van der Waals surface area (Å²) in [6.45, 7) is 4.87. The molecule has 0 bridgehead atoms. The second-order valence-electron chi connectivity index (χ2n) is 8.01. The van der Waals surface area contributed by atoms with Gasteiger partial charge in [-0.1, -0.05) is 36.4 Å². The molecule has 1 saturated heterocycles. The summed E-state index contributed by atoms with van der Waals surface area (Å²) in [6, 6.07) is 18.1. The Morgan fingerprint density at radius 1 is 0.926 bits per heavy atom. The summed E-state index contributed by atoms with van der Waals surface area (Å²) in [5.41, 5.74) is 5.39. The molecule has 0 spiro atoms. The first-order valence-corrected chi connectivity index (χ1v) is 10.4. The number of fused-ring (bicyclic) bond motifs is 2. The third-order valence-electron chi connectivity index (χ3n) is 6.40. The molecule has 0 radical (unpaired) electrons. The third kappa shape index (κ3) is 3.37. The number of rotatable bonds is 5. The van der Waals surface area contributed by atoms with Crippen LogP contribution in [0.5, 0.6) is 0 Å². The zero-order chi connectivity index (χ0) is 18.1. The highest BCUT2D eigenvalue weighted by Gasteiger charge is 2.28. The van der Waals surface area contributed by atoms with Crippen LogP contribution in [0.3, 0.4) is 0 Å². The Hall–Kier alpha value is -2.26. The van der Waals surface area contributed by atoms with E-state index in [1.807, 2.05) is 12.3 Å². The molecule has 5 rings (SSSR count). The maximum Gasteiger partial charge on any atom is 0.134 e. The summed E-state index contributed by atoms with van der Waals surface area (Å²) in [5.74, 6) is 0. The van der Waals surface area contributed by atoms with Crippen molar-refractivity contribution in [2.75, 3.05) is 31.1 Å². The van der Waals surface area contributed by atoms with Crippen LogP contribution in [0.4, 0.5) is 5.69 Å². The Labute approximate surface area is 161 Å². The zero-order valence-corrected chi connectivity index (χ0v) is 15.9. The smallest absolute Gasteiger partial charge is 0.134 e. The summed E-state index contributed by atoms with van der Waals surface area (Å²) >= 11 is 0. The summed E-state index contributed by atoms with van der Waals surface area (Å²) in [5, 5.41) is 1.28. The van der Waals surface area contributed by atoms with Crippen molar-refractivity contribution < 1.29 is 4.42 Å². The predicted octanol–water partition coefficient (Wildman–Crippen LogP) is 4.89. The van der Waals surface area contributed by atoms with E-state index in [4.69, 9.17) is 4.42 Å². The number of para-hydroxylation sites is 2. The van der Waals surface area contributed by atoms with E-state index >= 15 is 0 Å². The van der Waals surface area contributed by atoms with E-state index < -0.39 is 0 Å². The lowest BCUT2D eigenvalue weighted by atomic mass is 10.0. The number of likely N-dealkylation sites (tertiary alicyclic amines) is 1.